The molecule has 178 valence electrons. The van der Waals surface area contributed by atoms with E-state index in [1.165, 1.54) is 22.7 Å². The Bertz CT molecular complexity index is 1070. The number of rotatable bonds is 6. The summed E-state index contributed by atoms with van der Waals surface area (Å²) < 4.78 is 37.6. The van der Waals surface area contributed by atoms with Gasteiger partial charge in [-0.1, -0.05) is 6.07 Å². The van der Waals surface area contributed by atoms with Crippen LogP contribution in [0.5, 0.6) is 0 Å². The van der Waals surface area contributed by atoms with Crippen LogP contribution in [0, 0.1) is 0 Å². The largest absolute Gasteiger partial charge is 0.459 e. The van der Waals surface area contributed by atoms with Crippen LogP contribution >= 0.6 is 0 Å². The number of carbonyl (C=O) groups excluding carboxylic acids is 2. The van der Waals surface area contributed by atoms with Crippen molar-refractivity contribution >= 4 is 27.5 Å². The zero-order valence-electron chi connectivity index (χ0n) is 18.5. The van der Waals surface area contributed by atoms with E-state index < -0.39 is 16.1 Å². The van der Waals surface area contributed by atoms with Crippen LogP contribution in [0.4, 0.5) is 5.69 Å². The highest BCUT2D eigenvalue weighted by molar-refractivity contribution is 7.89. The van der Waals surface area contributed by atoms with E-state index in [1.807, 2.05) is 4.90 Å². The molecule has 2 amide bonds. The number of anilines is 1. The summed E-state index contributed by atoms with van der Waals surface area (Å²) in [7, 11) is -3.65. The Kier molecular flexibility index (Phi) is 7.13. The Morgan fingerprint density at radius 3 is 2.39 bits per heavy atom. The highest BCUT2D eigenvalue weighted by Gasteiger charge is 2.30. The first-order valence-corrected chi connectivity index (χ1v) is 12.4. The molecule has 33 heavy (non-hydrogen) atoms. The van der Waals surface area contributed by atoms with E-state index in [1.54, 1.807) is 36.1 Å². The van der Waals surface area contributed by atoms with E-state index in [0.29, 0.717) is 63.9 Å². The number of hydrogen-bond donors (Lipinski definition) is 1. The molecule has 2 aliphatic rings. The van der Waals surface area contributed by atoms with Crippen LogP contribution in [0.25, 0.3) is 0 Å². The van der Waals surface area contributed by atoms with Gasteiger partial charge in [0.2, 0.25) is 15.9 Å². The number of piperazine rings is 1. The summed E-state index contributed by atoms with van der Waals surface area (Å²) >= 11 is 0. The number of furan rings is 1. The summed E-state index contributed by atoms with van der Waals surface area (Å²) in [6.07, 6.45) is 1.47. The minimum atomic E-state index is -3.65. The van der Waals surface area contributed by atoms with Crippen LogP contribution < -0.4 is 5.32 Å². The van der Waals surface area contributed by atoms with Crippen molar-refractivity contribution in [3.63, 3.8) is 0 Å². The molecular formula is C22H28N4O6S. The van der Waals surface area contributed by atoms with Crippen LogP contribution in [0.15, 0.2) is 52.0 Å². The van der Waals surface area contributed by atoms with E-state index in [9.17, 15) is 18.0 Å². The van der Waals surface area contributed by atoms with E-state index in [2.05, 4.69) is 5.32 Å². The second kappa shape index (κ2) is 10.0. The van der Waals surface area contributed by atoms with E-state index >= 15 is 0 Å². The normalized spacial score (nSPS) is 19.2. The van der Waals surface area contributed by atoms with Gasteiger partial charge in [0.15, 0.2) is 5.76 Å². The molecule has 1 aromatic carbocycles. The number of morpholine rings is 1. The Hall–Kier alpha value is -2.73. The van der Waals surface area contributed by atoms with Crippen LogP contribution in [0.3, 0.4) is 0 Å². The van der Waals surface area contributed by atoms with Crippen molar-refractivity contribution in [2.24, 2.45) is 0 Å². The van der Waals surface area contributed by atoms with Crippen LogP contribution in [0.1, 0.15) is 17.5 Å². The second-order valence-corrected chi connectivity index (χ2v) is 9.95. The van der Waals surface area contributed by atoms with Gasteiger partial charge < -0.3 is 19.4 Å². The van der Waals surface area contributed by atoms with E-state index in [4.69, 9.17) is 9.15 Å². The number of benzene rings is 1. The molecule has 4 rings (SSSR count). The van der Waals surface area contributed by atoms with Gasteiger partial charge in [0, 0.05) is 45.0 Å². The molecule has 11 heteroatoms. The third kappa shape index (κ3) is 5.27. The molecule has 1 N–H and O–H groups in total. The number of nitrogens with one attached hydrogen (secondary N) is 1. The Balaban J connectivity index is 1.35. The lowest BCUT2D eigenvalue weighted by molar-refractivity contribution is -0.121. The number of amides is 2. The van der Waals surface area contributed by atoms with Gasteiger partial charge in [-0.25, -0.2) is 8.42 Å². The van der Waals surface area contributed by atoms with E-state index in [0.717, 1.165) is 0 Å². The summed E-state index contributed by atoms with van der Waals surface area (Å²) in [4.78, 5) is 29.1. The average Bonchev–Trinajstić information content (AvgIpc) is 3.39. The van der Waals surface area contributed by atoms with Crippen molar-refractivity contribution in [2.45, 2.75) is 17.9 Å². The van der Waals surface area contributed by atoms with Gasteiger partial charge in [-0.3, -0.25) is 14.5 Å². The fourth-order valence-corrected chi connectivity index (χ4v) is 5.41. The van der Waals surface area contributed by atoms with Gasteiger partial charge in [0.05, 0.1) is 30.4 Å². The molecule has 0 saturated carbocycles. The number of nitrogens with zero attached hydrogens (tertiary/aromatic N) is 3. The molecule has 2 aliphatic heterocycles. The summed E-state index contributed by atoms with van der Waals surface area (Å²) in [5.74, 6) is -0.0852. The van der Waals surface area contributed by atoms with Gasteiger partial charge in [0.25, 0.3) is 5.91 Å². The molecule has 2 aromatic rings. The third-order valence-electron chi connectivity index (χ3n) is 5.97. The number of hydrogen-bond acceptors (Lipinski definition) is 7. The first-order valence-electron chi connectivity index (χ1n) is 10.9. The summed E-state index contributed by atoms with van der Waals surface area (Å²) in [6, 6.07) is 9.17. The summed E-state index contributed by atoms with van der Waals surface area (Å²) in [5.41, 5.74) is 0.424. The van der Waals surface area contributed by atoms with Gasteiger partial charge in [-0.2, -0.15) is 4.31 Å². The van der Waals surface area contributed by atoms with Gasteiger partial charge in [-0.05, 0) is 37.3 Å². The minimum absolute atomic E-state index is 0.139. The van der Waals surface area contributed by atoms with Crippen molar-refractivity contribution in [2.75, 3.05) is 57.8 Å². The predicted octanol–water partition coefficient (Wildman–Crippen LogP) is 1.09. The highest BCUT2D eigenvalue weighted by atomic mass is 32.2. The topological polar surface area (TPSA) is 112 Å². The van der Waals surface area contributed by atoms with Crippen LogP contribution in [-0.2, 0) is 19.6 Å². The third-order valence-corrected chi connectivity index (χ3v) is 7.86. The molecule has 0 radical (unpaired) electrons. The first kappa shape index (κ1) is 23.4. The molecule has 3 heterocycles. The Labute approximate surface area is 193 Å². The average molecular weight is 477 g/mol. The lowest BCUT2D eigenvalue weighted by Gasteiger charge is -2.37. The Morgan fingerprint density at radius 2 is 1.73 bits per heavy atom. The standard InChI is InChI=1S/C22H28N4O6S/c1-17(24-7-9-25(10-8-24)22(28)20-6-3-13-32-20)21(27)23-18-4-2-5-19(16-18)33(29,30)26-11-14-31-15-12-26/h2-6,13,16-17H,7-12,14-15H2,1H3,(H,23,27)/t17-/m1/s1. The van der Waals surface area contributed by atoms with Gasteiger partial charge in [-0.15, -0.1) is 0 Å². The lowest BCUT2D eigenvalue weighted by atomic mass is 10.2. The maximum atomic E-state index is 12.9. The smallest absolute Gasteiger partial charge is 0.289 e. The zero-order valence-corrected chi connectivity index (χ0v) is 19.3. The van der Waals surface area contributed by atoms with Crippen molar-refractivity contribution in [1.29, 1.82) is 0 Å². The van der Waals surface area contributed by atoms with Gasteiger partial charge >= 0.3 is 0 Å². The second-order valence-electron chi connectivity index (χ2n) is 8.01. The Morgan fingerprint density at radius 1 is 1.00 bits per heavy atom. The molecule has 1 atom stereocenters. The monoisotopic (exact) mass is 476 g/mol. The molecular weight excluding hydrogens is 448 g/mol. The number of ether oxygens (including phenoxy) is 1. The molecule has 2 saturated heterocycles. The van der Waals surface area contributed by atoms with Crippen LogP contribution in [0.2, 0.25) is 0 Å². The summed E-state index contributed by atoms with van der Waals surface area (Å²) in [6.45, 7) is 5.23. The highest BCUT2D eigenvalue weighted by Crippen LogP contribution is 2.21. The zero-order chi connectivity index (χ0) is 23.4. The fourth-order valence-electron chi connectivity index (χ4n) is 3.95. The SMILES string of the molecule is C[C@H](C(=O)Nc1cccc(S(=O)(=O)N2CCOCC2)c1)N1CCN(C(=O)c2ccco2)CC1. The quantitative estimate of drug-likeness (QED) is 0.664. The maximum Gasteiger partial charge on any atom is 0.289 e. The number of sulfonamides is 1. The summed E-state index contributed by atoms with van der Waals surface area (Å²) in [5, 5.41) is 2.83. The van der Waals surface area contributed by atoms with Crippen molar-refractivity contribution in [3.05, 3.63) is 48.4 Å². The van der Waals surface area contributed by atoms with Gasteiger partial charge in [0.1, 0.15) is 0 Å². The molecule has 0 bridgehead atoms. The molecule has 0 aliphatic carbocycles. The number of carbonyl (C=O) groups is 2. The van der Waals surface area contributed by atoms with E-state index in [-0.39, 0.29) is 16.7 Å². The molecule has 0 unspecified atom stereocenters. The van der Waals surface area contributed by atoms with Crippen LogP contribution in [-0.4, -0.2) is 92.9 Å². The molecule has 10 nitrogen and oxygen atoms in total. The van der Waals surface area contributed by atoms with Crippen molar-refractivity contribution in [3.8, 4) is 0 Å². The minimum Gasteiger partial charge on any atom is -0.459 e. The fraction of sp³-hybridized carbons (Fsp3) is 0.455. The maximum absolute atomic E-state index is 12.9. The molecule has 1 aromatic heterocycles. The lowest BCUT2D eigenvalue weighted by Crippen LogP contribution is -2.54. The first-order chi connectivity index (χ1) is 15.9. The molecule has 0 spiro atoms. The predicted molar refractivity (Wildman–Crippen MR) is 120 cm³/mol. The molecule has 2 fully saturated rings. The van der Waals surface area contributed by atoms with Crippen molar-refractivity contribution < 1.29 is 27.2 Å². The van der Waals surface area contributed by atoms with Crippen molar-refractivity contribution in [1.82, 2.24) is 14.1 Å².